The molecule has 2 aliphatic rings. The lowest BCUT2D eigenvalue weighted by Gasteiger charge is -2.33. The average molecular weight is 1000 g/mol. The van der Waals surface area contributed by atoms with Crippen molar-refractivity contribution >= 4 is 21.9 Å². The van der Waals surface area contributed by atoms with Crippen molar-refractivity contribution in [2.24, 2.45) is 0 Å². The fourth-order valence-electron chi connectivity index (χ4n) is 10.0. The predicted octanol–water partition coefficient (Wildman–Crippen LogP) is 11.3. The van der Waals surface area contributed by atoms with Gasteiger partial charge in [-0.3, -0.25) is 0 Å². The van der Waals surface area contributed by atoms with E-state index in [1.807, 2.05) is 72.8 Å². The number of fused-ring (bicyclic) bond motifs is 2. The van der Waals surface area contributed by atoms with E-state index in [0.717, 1.165) is 121 Å². The van der Waals surface area contributed by atoms with Crippen LogP contribution in [0.5, 0.6) is 23.0 Å². The Kier molecular flexibility index (Phi) is 19.5. The smallest absolute Gasteiger partial charge is 0.133 e. The highest BCUT2D eigenvalue weighted by Gasteiger charge is 2.27. The summed E-state index contributed by atoms with van der Waals surface area (Å²) in [7, 11) is 3.37. The van der Waals surface area contributed by atoms with E-state index in [1.165, 1.54) is 22.3 Å². The van der Waals surface area contributed by atoms with Crippen LogP contribution < -0.4 is 40.2 Å². The van der Waals surface area contributed by atoms with E-state index >= 15 is 0 Å². The number of piperidine rings is 2. The minimum absolute atomic E-state index is 0.376. The minimum atomic E-state index is 0.376. The Labute approximate surface area is 436 Å². The first kappa shape index (κ1) is 52.2. The number of nitrogens with one attached hydrogen (secondary N) is 4. The maximum Gasteiger partial charge on any atom is 0.133 e. The second kappa shape index (κ2) is 27.6. The van der Waals surface area contributed by atoms with E-state index in [4.69, 9.17) is 37.3 Å². The van der Waals surface area contributed by atoms with Crippen LogP contribution in [-0.2, 0) is 35.8 Å². The van der Waals surface area contributed by atoms with Gasteiger partial charge in [0.15, 0.2) is 0 Å². The van der Waals surface area contributed by atoms with Gasteiger partial charge in [0.25, 0.3) is 0 Å². The first-order valence-corrected chi connectivity index (χ1v) is 26.3. The van der Waals surface area contributed by atoms with Gasteiger partial charge in [-0.2, -0.15) is 0 Å². The lowest BCUT2D eigenvalue weighted by atomic mass is 9.86. The van der Waals surface area contributed by atoms with E-state index in [0.29, 0.717) is 63.6 Å². The molecule has 2 fully saturated rings. The largest absolute Gasteiger partial charge is 0.496 e. The number of methoxy groups -OCH3 is 2. The topological polar surface area (TPSA) is 130 Å². The van der Waals surface area contributed by atoms with Crippen molar-refractivity contribution in [2.45, 2.75) is 75.9 Å². The van der Waals surface area contributed by atoms with E-state index < -0.39 is 0 Å². The third-order valence-electron chi connectivity index (χ3n) is 14.1. The van der Waals surface area contributed by atoms with Crippen LogP contribution in [0, 0.1) is 0 Å². The molecule has 12 heteroatoms. The Balaban J connectivity index is 0.000000182. The molecule has 0 unspecified atom stereocenters. The maximum absolute atomic E-state index is 5.97. The maximum atomic E-state index is 5.97. The van der Waals surface area contributed by atoms with Gasteiger partial charge in [-0.25, -0.2) is 0 Å². The monoisotopic (exact) mass is 1000 g/mol. The van der Waals surface area contributed by atoms with Gasteiger partial charge in [0.05, 0.1) is 66.4 Å². The number of ether oxygens (including phenoxy) is 6. The molecule has 2 aliphatic heterocycles. The molecule has 0 amide bonds. The zero-order valence-electron chi connectivity index (χ0n) is 42.9. The molecule has 8 aromatic rings. The molecule has 0 aliphatic carbocycles. The third kappa shape index (κ3) is 14.8. The van der Waals surface area contributed by atoms with Gasteiger partial charge < -0.3 is 58.5 Å². The fourth-order valence-corrected chi connectivity index (χ4v) is 10.0. The molecule has 0 spiro atoms. The average Bonchev–Trinajstić information content (AvgIpc) is 4.14. The summed E-state index contributed by atoms with van der Waals surface area (Å²) >= 11 is 0. The van der Waals surface area contributed by atoms with Gasteiger partial charge in [0.1, 0.15) is 34.2 Å². The molecule has 388 valence electrons. The van der Waals surface area contributed by atoms with Crippen molar-refractivity contribution in [3.63, 3.8) is 0 Å². The second-order valence-electron chi connectivity index (χ2n) is 19.0. The fraction of sp³-hybridized carbons (Fsp3) is 0.355. The summed E-state index contributed by atoms with van der Waals surface area (Å²) in [5.41, 5.74) is 9.25. The summed E-state index contributed by atoms with van der Waals surface area (Å²) in [6.07, 6.45) is 7.38. The molecule has 0 saturated carbocycles. The van der Waals surface area contributed by atoms with Gasteiger partial charge in [-0.05, 0) is 121 Å². The van der Waals surface area contributed by atoms with Gasteiger partial charge in [-0.15, -0.1) is 0 Å². The number of furan rings is 2. The normalized spacial score (nSPS) is 17.6. The van der Waals surface area contributed by atoms with Crippen molar-refractivity contribution in [3.05, 3.63) is 191 Å². The molecule has 4 heterocycles. The Morgan fingerprint density at radius 3 is 1.39 bits per heavy atom. The number of hydrogen-bond acceptors (Lipinski definition) is 12. The molecule has 74 heavy (non-hydrogen) atoms. The molecule has 2 saturated heterocycles. The molecule has 10 rings (SSSR count). The van der Waals surface area contributed by atoms with Crippen LogP contribution >= 0.6 is 0 Å². The van der Waals surface area contributed by atoms with Crippen LogP contribution in [0.4, 0.5) is 0 Å². The summed E-state index contributed by atoms with van der Waals surface area (Å²) in [4.78, 5) is 0. The highest BCUT2D eigenvalue weighted by atomic mass is 16.5. The van der Waals surface area contributed by atoms with Crippen molar-refractivity contribution in [2.75, 3.05) is 66.8 Å². The molecule has 12 nitrogen and oxygen atoms in total. The first-order valence-electron chi connectivity index (χ1n) is 26.3. The van der Waals surface area contributed by atoms with Gasteiger partial charge in [0.2, 0.25) is 0 Å². The highest BCUT2D eigenvalue weighted by molar-refractivity contribution is 5.78. The zero-order valence-corrected chi connectivity index (χ0v) is 42.9. The lowest BCUT2D eigenvalue weighted by molar-refractivity contribution is 0.105. The van der Waals surface area contributed by atoms with Crippen LogP contribution in [0.3, 0.4) is 0 Å². The standard InChI is InChI=1S/2C31H36N2O4/c2*1-34-30-6-3-2-5-26(30)22-35-16-4-17-36-27-10-8-24(9-11-27)28-13-15-32-21-29(28)33-20-23-7-12-31-25(19-23)14-18-37-31/h2*2-3,5-12,14,18-19,28-29,32-33H,4,13,15-17,20-22H2,1H3/t2*28-,29-/m10/s1. The van der Waals surface area contributed by atoms with Gasteiger partial charge in [-0.1, -0.05) is 72.8 Å². The summed E-state index contributed by atoms with van der Waals surface area (Å²) in [5.74, 6) is 4.47. The molecule has 2 aromatic heterocycles. The van der Waals surface area contributed by atoms with Crippen LogP contribution in [0.2, 0.25) is 0 Å². The first-order chi connectivity index (χ1) is 36.6. The lowest BCUT2D eigenvalue weighted by Crippen LogP contribution is -2.47. The summed E-state index contributed by atoms with van der Waals surface area (Å²) in [6.45, 7) is 9.32. The molecule has 0 radical (unpaired) electrons. The predicted molar refractivity (Wildman–Crippen MR) is 293 cm³/mol. The zero-order chi connectivity index (χ0) is 50.6. The Bertz CT molecular complexity index is 2700. The SMILES string of the molecule is COc1ccccc1COCCCOc1ccc([C@@H]2CCNC[C@@H]2NCc2ccc3occc3c2)cc1.COc1ccccc1COCCCOc1ccc([C@H]2CCNC[C@H]2NCc2ccc3occc3c2)cc1. The van der Waals surface area contributed by atoms with E-state index in [2.05, 4.69) is 94.1 Å². The van der Waals surface area contributed by atoms with E-state index in [1.54, 1.807) is 26.7 Å². The second-order valence-corrected chi connectivity index (χ2v) is 19.0. The number of rotatable bonds is 24. The number of benzene rings is 6. The van der Waals surface area contributed by atoms with Crippen molar-refractivity contribution in [1.29, 1.82) is 0 Å². The summed E-state index contributed by atoms with van der Waals surface area (Å²) in [6, 6.07) is 50.7. The molecule has 4 atom stereocenters. The number of para-hydroxylation sites is 2. The molecular weight excluding hydrogens is 929 g/mol. The van der Waals surface area contributed by atoms with Gasteiger partial charge in [0, 0.05) is 84.8 Å². The Morgan fingerprint density at radius 2 is 0.946 bits per heavy atom. The van der Waals surface area contributed by atoms with Crippen LogP contribution in [0.1, 0.15) is 70.9 Å². The highest BCUT2D eigenvalue weighted by Crippen LogP contribution is 2.30. The molecule has 6 aromatic carbocycles. The van der Waals surface area contributed by atoms with Crippen molar-refractivity contribution in [3.8, 4) is 23.0 Å². The quantitative estimate of drug-likeness (QED) is 0.0430. The Morgan fingerprint density at radius 1 is 0.500 bits per heavy atom. The van der Waals surface area contributed by atoms with Gasteiger partial charge >= 0.3 is 0 Å². The van der Waals surface area contributed by atoms with E-state index in [-0.39, 0.29) is 0 Å². The van der Waals surface area contributed by atoms with Crippen molar-refractivity contribution < 1.29 is 37.3 Å². The van der Waals surface area contributed by atoms with Crippen LogP contribution in [-0.4, -0.2) is 78.9 Å². The minimum Gasteiger partial charge on any atom is -0.496 e. The Hall–Kier alpha value is -6.64. The van der Waals surface area contributed by atoms with Crippen LogP contribution in [0.25, 0.3) is 21.9 Å². The van der Waals surface area contributed by atoms with Crippen molar-refractivity contribution in [1.82, 2.24) is 21.3 Å². The molecular formula is C62H72N4O8. The summed E-state index contributed by atoms with van der Waals surface area (Å²) in [5, 5.41) is 17.0. The third-order valence-corrected chi connectivity index (χ3v) is 14.1. The van der Waals surface area contributed by atoms with E-state index in [9.17, 15) is 0 Å². The van der Waals surface area contributed by atoms with Crippen LogP contribution in [0.15, 0.2) is 167 Å². The molecule has 0 bridgehead atoms. The molecule has 4 N–H and O–H groups in total. The number of hydrogen-bond donors (Lipinski definition) is 4. The summed E-state index contributed by atoms with van der Waals surface area (Å²) < 4.78 is 45.2.